The highest BCUT2D eigenvalue weighted by Crippen LogP contribution is 2.20. The minimum Gasteiger partial charge on any atom is -0.395 e. The van der Waals surface area contributed by atoms with Crippen LogP contribution in [0.3, 0.4) is 0 Å². The number of thioether (sulfide) groups is 1. The maximum absolute atomic E-state index is 9.20. The first-order valence-electron chi connectivity index (χ1n) is 5.93. The van der Waals surface area contributed by atoms with E-state index in [1.165, 1.54) is 11.3 Å². The summed E-state index contributed by atoms with van der Waals surface area (Å²) >= 11 is 1.90. The third-order valence-corrected chi connectivity index (χ3v) is 4.09. The number of benzene rings is 1. The lowest BCUT2D eigenvalue weighted by Gasteiger charge is -2.22. The molecule has 1 fully saturated rings. The first-order chi connectivity index (χ1) is 7.90. The lowest BCUT2D eigenvalue weighted by atomic mass is 10.2. The smallest absolute Gasteiger partial charge is 0.0586 e. The van der Waals surface area contributed by atoms with Crippen molar-refractivity contribution in [2.75, 3.05) is 25.4 Å². The zero-order valence-electron chi connectivity index (χ0n) is 9.51. The molecule has 1 saturated heterocycles. The molecule has 88 valence electrons. The van der Waals surface area contributed by atoms with Gasteiger partial charge in [0.05, 0.1) is 6.61 Å². The van der Waals surface area contributed by atoms with Gasteiger partial charge in [0.25, 0.3) is 0 Å². The van der Waals surface area contributed by atoms with Gasteiger partial charge in [0.2, 0.25) is 0 Å². The van der Waals surface area contributed by atoms with Crippen molar-refractivity contribution in [1.82, 2.24) is 4.90 Å². The summed E-state index contributed by atoms with van der Waals surface area (Å²) in [4.78, 5) is 3.75. The van der Waals surface area contributed by atoms with Crippen LogP contribution >= 0.6 is 11.8 Å². The van der Waals surface area contributed by atoms with Gasteiger partial charge in [-0.15, -0.1) is 11.8 Å². The number of rotatable bonds is 5. The molecule has 3 heteroatoms. The van der Waals surface area contributed by atoms with Crippen LogP contribution in [0.4, 0.5) is 0 Å². The molecule has 1 aliphatic heterocycles. The summed E-state index contributed by atoms with van der Waals surface area (Å²) in [5.41, 5.74) is 0. The molecule has 1 aromatic rings. The maximum Gasteiger partial charge on any atom is 0.0586 e. The van der Waals surface area contributed by atoms with E-state index in [-0.39, 0.29) is 0 Å². The number of aliphatic hydroxyl groups excluding tert-OH is 1. The molecular formula is C13H19NOS. The van der Waals surface area contributed by atoms with E-state index < -0.39 is 0 Å². The summed E-state index contributed by atoms with van der Waals surface area (Å²) in [7, 11) is 0. The van der Waals surface area contributed by atoms with Gasteiger partial charge >= 0.3 is 0 Å². The highest BCUT2D eigenvalue weighted by molar-refractivity contribution is 7.99. The van der Waals surface area contributed by atoms with Crippen LogP contribution < -0.4 is 0 Å². The van der Waals surface area contributed by atoms with E-state index in [0.717, 1.165) is 25.3 Å². The molecule has 2 rings (SSSR count). The topological polar surface area (TPSA) is 23.5 Å². The van der Waals surface area contributed by atoms with E-state index in [4.69, 9.17) is 0 Å². The Balaban J connectivity index is 1.72. The van der Waals surface area contributed by atoms with Crippen molar-refractivity contribution >= 4 is 11.8 Å². The Morgan fingerprint density at radius 3 is 2.88 bits per heavy atom. The summed E-state index contributed by atoms with van der Waals surface area (Å²) in [5.74, 6) is 1.11. The number of nitrogens with zero attached hydrogens (tertiary/aromatic N) is 1. The van der Waals surface area contributed by atoms with Crippen molar-refractivity contribution in [3.8, 4) is 0 Å². The molecule has 1 aromatic carbocycles. The Morgan fingerprint density at radius 1 is 1.31 bits per heavy atom. The normalized spacial score (nSPS) is 21.4. The van der Waals surface area contributed by atoms with Gasteiger partial charge in [-0.25, -0.2) is 0 Å². The first-order valence-corrected chi connectivity index (χ1v) is 6.91. The number of hydrogen-bond donors (Lipinski definition) is 1. The van der Waals surface area contributed by atoms with Crippen LogP contribution in [0.25, 0.3) is 0 Å². The minimum atomic E-state index is 0.315. The summed E-state index contributed by atoms with van der Waals surface area (Å²) in [6.45, 7) is 2.56. The fourth-order valence-electron chi connectivity index (χ4n) is 2.19. The number of aliphatic hydroxyl groups is 1. The van der Waals surface area contributed by atoms with Crippen molar-refractivity contribution in [1.29, 1.82) is 0 Å². The third-order valence-electron chi connectivity index (χ3n) is 3.10. The Labute approximate surface area is 102 Å². The summed E-state index contributed by atoms with van der Waals surface area (Å²) < 4.78 is 0. The van der Waals surface area contributed by atoms with Gasteiger partial charge in [0.1, 0.15) is 0 Å². The van der Waals surface area contributed by atoms with Crippen LogP contribution in [0.5, 0.6) is 0 Å². The van der Waals surface area contributed by atoms with Gasteiger partial charge < -0.3 is 5.11 Å². The molecule has 1 aliphatic rings. The third kappa shape index (κ3) is 3.24. The van der Waals surface area contributed by atoms with Crippen LogP contribution in [0.1, 0.15) is 12.8 Å². The molecule has 0 spiro atoms. The van der Waals surface area contributed by atoms with Crippen molar-refractivity contribution in [3.63, 3.8) is 0 Å². The highest BCUT2D eigenvalue weighted by Gasteiger charge is 2.22. The molecule has 0 unspecified atom stereocenters. The van der Waals surface area contributed by atoms with E-state index in [1.54, 1.807) is 0 Å². The van der Waals surface area contributed by atoms with Gasteiger partial charge in [0, 0.05) is 23.2 Å². The summed E-state index contributed by atoms with van der Waals surface area (Å²) in [5, 5.41) is 9.20. The van der Waals surface area contributed by atoms with Crippen LogP contribution in [0, 0.1) is 0 Å². The van der Waals surface area contributed by atoms with E-state index >= 15 is 0 Å². The van der Waals surface area contributed by atoms with E-state index in [0.29, 0.717) is 12.6 Å². The molecule has 1 atom stereocenters. The zero-order chi connectivity index (χ0) is 11.2. The standard InChI is InChI=1S/C13H19NOS/c15-11-12-5-4-8-14(12)9-10-16-13-6-2-1-3-7-13/h1-3,6-7,12,15H,4-5,8-11H2/t12-/m0/s1. The van der Waals surface area contributed by atoms with Gasteiger partial charge in [0.15, 0.2) is 0 Å². The Hall–Kier alpha value is -0.510. The molecule has 1 heterocycles. The first kappa shape index (κ1) is 12.0. The quantitative estimate of drug-likeness (QED) is 0.794. The van der Waals surface area contributed by atoms with Gasteiger partial charge in [-0.3, -0.25) is 4.90 Å². The fraction of sp³-hybridized carbons (Fsp3) is 0.538. The molecule has 0 aliphatic carbocycles. The van der Waals surface area contributed by atoms with Crippen molar-refractivity contribution in [3.05, 3.63) is 30.3 Å². The molecule has 0 radical (unpaired) electrons. The van der Waals surface area contributed by atoms with E-state index in [2.05, 4.69) is 29.2 Å². The number of likely N-dealkylation sites (tertiary alicyclic amines) is 1. The zero-order valence-corrected chi connectivity index (χ0v) is 10.3. The van der Waals surface area contributed by atoms with Crippen LogP contribution in [-0.2, 0) is 0 Å². The molecular weight excluding hydrogens is 218 g/mol. The molecule has 0 amide bonds. The predicted molar refractivity (Wildman–Crippen MR) is 68.8 cm³/mol. The molecule has 2 nitrogen and oxygen atoms in total. The molecule has 0 bridgehead atoms. The van der Waals surface area contributed by atoms with E-state index in [9.17, 15) is 5.11 Å². The van der Waals surface area contributed by atoms with Crippen LogP contribution in [0.15, 0.2) is 35.2 Å². The highest BCUT2D eigenvalue weighted by atomic mass is 32.2. The van der Waals surface area contributed by atoms with Crippen molar-refractivity contribution in [2.24, 2.45) is 0 Å². The summed E-state index contributed by atoms with van der Waals surface area (Å²) in [6, 6.07) is 10.9. The Kier molecular flexibility index (Phi) is 4.69. The molecule has 0 saturated carbocycles. The van der Waals surface area contributed by atoms with Gasteiger partial charge in [-0.1, -0.05) is 18.2 Å². The van der Waals surface area contributed by atoms with Crippen molar-refractivity contribution < 1.29 is 5.11 Å². The largest absolute Gasteiger partial charge is 0.395 e. The van der Waals surface area contributed by atoms with Gasteiger partial charge in [-0.2, -0.15) is 0 Å². The van der Waals surface area contributed by atoms with E-state index in [1.807, 2.05) is 17.8 Å². The fourth-order valence-corrected chi connectivity index (χ4v) is 3.10. The van der Waals surface area contributed by atoms with Gasteiger partial charge in [-0.05, 0) is 31.5 Å². The molecule has 1 N–H and O–H groups in total. The second-order valence-electron chi connectivity index (χ2n) is 4.18. The SMILES string of the molecule is OC[C@@H]1CCCN1CCSc1ccccc1. The minimum absolute atomic E-state index is 0.315. The Morgan fingerprint density at radius 2 is 2.12 bits per heavy atom. The Bertz CT molecular complexity index is 304. The second-order valence-corrected chi connectivity index (χ2v) is 5.34. The molecule has 0 aromatic heterocycles. The predicted octanol–water partition coefficient (Wildman–Crippen LogP) is 2.24. The average molecular weight is 237 g/mol. The van der Waals surface area contributed by atoms with Crippen LogP contribution in [-0.4, -0.2) is 41.5 Å². The average Bonchev–Trinajstić information content (AvgIpc) is 2.78. The second kappa shape index (κ2) is 6.28. The number of hydrogen-bond acceptors (Lipinski definition) is 3. The summed E-state index contributed by atoms with van der Waals surface area (Å²) in [6.07, 6.45) is 2.40. The lowest BCUT2D eigenvalue weighted by Crippen LogP contribution is -2.33. The lowest BCUT2D eigenvalue weighted by molar-refractivity contribution is 0.165. The maximum atomic E-state index is 9.20. The van der Waals surface area contributed by atoms with Crippen LogP contribution in [0.2, 0.25) is 0 Å². The monoisotopic (exact) mass is 237 g/mol. The van der Waals surface area contributed by atoms with Crippen molar-refractivity contribution in [2.45, 2.75) is 23.8 Å². The molecule has 16 heavy (non-hydrogen) atoms.